The van der Waals surface area contributed by atoms with E-state index in [0.717, 1.165) is 6.54 Å². The summed E-state index contributed by atoms with van der Waals surface area (Å²) < 4.78 is 0. The maximum absolute atomic E-state index is 11.7. The van der Waals surface area contributed by atoms with Crippen molar-refractivity contribution in [2.75, 3.05) is 19.7 Å². The molecule has 4 nitrogen and oxygen atoms in total. The molecule has 0 aromatic heterocycles. The molecule has 3 N–H and O–H groups in total. The van der Waals surface area contributed by atoms with Gasteiger partial charge in [0.25, 0.3) is 0 Å². The molecule has 21 heavy (non-hydrogen) atoms. The van der Waals surface area contributed by atoms with Gasteiger partial charge in [0.2, 0.25) is 0 Å². The van der Waals surface area contributed by atoms with Crippen molar-refractivity contribution in [3.8, 4) is 0 Å². The van der Waals surface area contributed by atoms with E-state index in [1.165, 1.54) is 36.8 Å². The van der Waals surface area contributed by atoms with Gasteiger partial charge in [-0.25, -0.2) is 4.79 Å². The fraction of sp³-hybridized carbons (Fsp3) is 0.588. The summed E-state index contributed by atoms with van der Waals surface area (Å²) in [5.41, 5.74) is 3.34. The molecule has 0 radical (unpaired) electrons. The molecule has 1 aromatic rings. The summed E-state index contributed by atoms with van der Waals surface area (Å²) in [6.07, 6.45) is 5.51. The molecule has 3 rings (SSSR count). The molecule has 1 aromatic carbocycles. The summed E-state index contributed by atoms with van der Waals surface area (Å²) in [4.78, 5) is 11.7. The van der Waals surface area contributed by atoms with E-state index in [1.807, 2.05) is 0 Å². The summed E-state index contributed by atoms with van der Waals surface area (Å²) in [6, 6.07) is 8.67. The molecule has 1 fully saturated rings. The number of hydrogen-bond acceptors (Lipinski definition) is 2. The van der Waals surface area contributed by atoms with E-state index in [2.05, 4.69) is 34.9 Å². The monoisotopic (exact) mass is 288 g/mol. The molecule has 4 heteroatoms. The van der Waals surface area contributed by atoms with Gasteiger partial charge in [-0.05, 0) is 49.1 Å². The molecule has 2 aliphatic carbocycles. The Labute approximate surface area is 125 Å². The number of rotatable bonds is 5. The number of aryl methyl sites for hydroxylation is 1. The van der Waals surface area contributed by atoms with E-state index in [4.69, 9.17) is 5.11 Å². The molecule has 0 aliphatic heterocycles. The first kappa shape index (κ1) is 14.4. The minimum atomic E-state index is -0.116. The van der Waals surface area contributed by atoms with Crippen molar-refractivity contribution in [2.24, 2.45) is 5.92 Å². The topological polar surface area (TPSA) is 61.4 Å². The van der Waals surface area contributed by atoms with Crippen LogP contribution < -0.4 is 10.6 Å². The smallest absolute Gasteiger partial charge is 0.314 e. The van der Waals surface area contributed by atoms with Crippen LogP contribution in [-0.2, 0) is 11.8 Å². The summed E-state index contributed by atoms with van der Waals surface area (Å²) in [5, 5.41) is 14.4. The van der Waals surface area contributed by atoms with Gasteiger partial charge in [-0.3, -0.25) is 0 Å². The van der Waals surface area contributed by atoms with Crippen molar-refractivity contribution in [1.29, 1.82) is 0 Å². The number of aliphatic hydroxyl groups is 1. The van der Waals surface area contributed by atoms with Crippen LogP contribution in [-0.4, -0.2) is 30.8 Å². The Balaban J connectivity index is 1.54. The molecule has 0 heterocycles. The molecular formula is C17H24N2O2. The van der Waals surface area contributed by atoms with Gasteiger partial charge in [0, 0.05) is 25.1 Å². The quantitative estimate of drug-likeness (QED) is 0.725. The number of urea groups is 1. The second kappa shape index (κ2) is 6.06. The number of fused-ring (bicyclic) bond motifs is 2. The van der Waals surface area contributed by atoms with Crippen LogP contribution in [0.1, 0.15) is 36.8 Å². The molecule has 2 unspecified atom stereocenters. The average Bonchev–Trinajstić information content (AvgIpc) is 3.20. The maximum atomic E-state index is 11.7. The number of benzene rings is 1. The standard InChI is InChI=1S/C17H24N2O2/c20-10-4-9-18-16(21)19-12-14-11-17(14)8-3-6-13-5-1-2-7-15(13)17/h1-2,5,7,14,20H,3-4,6,8-12H2,(H2,18,19,21). The first-order valence-electron chi connectivity index (χ1n) is 7.97. The first-order chi connectivity index (χ1) is 10.3. The van der Waals surface area contributed by atoms with Crippen LogP contribution in [0.4, 0.5) is 4.79 Å². The van der Waals surface area contributed by atoms with E-state index >= 15 is 0 Å². The van der Waals surface area contributed by atoms with Gasteiger partial charge in [0.15, 0.2) is 0 Å². The van der Waals surface area contributed by atoms with E-state index in [9.17, 15) is 4.79 Å². The molecule has 114 valence electrons. The molecule has 1 spiro atoms. The molecule has 1 saturated carbocycles. The maximum Gasteiger partial charge on any atom is 0.314 e. The molecular weight excluding hydrogens is 264 g/mol. The highest BCUT2D eigenvalue weighted by Gasteiger charge is 2.56. The number of carbonyl (C=O) groups is 1. The van der Waals surface area contributed by atoms with Crippen LogP contribution in [0.5, 0.6) is 0 Å². The van der Waals surface area contributed by atoms with Gasteiger partial charge in [0.05, 0.1) is 0 Å². The first-order valence-corrected chi connectivity index (χ1v) is 7.97. The van der Waals surface area contributed by atoms with Gasteiger partial charge in [-0.1, -0.05) is 24.3 Å². The van der Waals surface area contributed by atoms with Crippen LogP contribution in [0.2, 0.25) is 0 Å². The Kier molecular flexibility index (Phi) is 4.15. The Hall–Kier alpha value is -1.55. The molecule has 2 atom stereocenters. The third-order valence-corrected chi connectivity index (χ3v) is 4.98. The van der Waals surface area contributed by atoms with Crippen LogP contribution in [0.3, 0.4) is 0 Å². The van der Waals surface area contributed by atoms with E-state index in [0.29, 0.717) is 24.3 Å². The van der Waals surface area contributed by atoms with Crippen molar-refractivity contribution in [3.05, 3.63) is 35.4 Å². The van der Waals surface area contributed by atoms with Gasteiger partial charge in [-0.15, -0.1) is 0 Å². The predicted molar refractivity (Wildman–Crippen MR) is 82.3 cm³/mol. The molecule has 2 aliphatic rings. The van der Waals surface area contributed by atoms with E-state index in [1.54, 1.807) is 0 Å². The highest BCUT2D eigenvalue weighted by Crippen LogP contribution is 2.59. The van der Waals surface area contributed by atoms with Crippen LogP contribution in [0.25, 0.3) is 0 Å². The zero-order chi connectivity index (χ0) is 14.7. The highest BCUT2D eigenvalue weighted by atomic mass is 16.3. The zero-order valence-corrected chi connectivity index (χ0v) is 12.4. The second-order valence-electron chi connectivity index (χ2n) is 6.28. The average molecular weight is 288 g/mol. The van der Waals surface area contributed by atoms with E-state index < -0.39 is 0 Å². The van der Waals surface area contributed by atoms with Crippen molar-refractivity contribution in [3.63, 3.8) is 0 Å². The Morgan fingerprint density at radius 2 is 2.19 bits per heavy atom. The normalized spacial score (nSPS) is 26.2. The minimum Gasteiger partial charge on any atom is -0.396 e. The number of amides is 2. The van der Waals surface area contributed by atoms with Crippen LogP contribution in [0, 0.1) is 5.92 Å². The lowest BCUT2D eigenvalue weighted by Crippen LogP contribution is -2.38. The summed E-state index contributed by atoms with van der Waals surface area (Å²) >= 11 is 0. The Morgan fingerprint density at radius 1 is 1.33 bits per heavy atom. The van der Waals surface area contributed by atoms with Gasteiger partial charge < -0.3 is 15.7 Å². The van der Waals surface area contributed by atoms with Gasteiger partial charge in [-0.2, -0.15) is 0 Å². The van der Waals surface area contributed by atoms with Gasteiger partial charge >= 0.3 is 6.03 Å². The minimum absolute atomic E-state index is 0.114. The van der Waals surface area contributed by atoms with Gasteiger partial charge in [0.1, 0.15) is 0 Å². The number of carbonyl (C=O) groups excluding carboxylic acids is 1. The number of aliphatic hydroxyl groups excluding tert-OH is 1. The van der Waals surface area contributed by atoms with Crippen LogP contribution >= 0.6 is 0 Å². The molecule has 2 amide bonds. The fourth-order valence-corrected chi connectivity index (χ4v) is 3.80. The summed E-state index contributed by atoms with van der Waals surface area (Å²) in [6.45, 7) is 1.39. The Morgan fingerprint density at radius 3 is 3.05 bits per heavy atom. The lowest BCUT2D eigenvalue weighted by molar-refractivity contribution is 0.237. The largest absolute Gasteiger partial charge is 0.396 e. The third-order valence-electron chi connectivity index (χ3n) is 4.98. The lowest BCUT2D eigenvalue weighted by Gasteiger charge is -2.26. The predicted octanol–water partition coefficient (Wildman–Crippen LogP) is 1.96. The van der Waals surface area contributed by atoms with Crippen molar-refractivity contribution >= 4 is 6.03 Å². The SMILES string of the molecule is O=C(NCCCO)NCC1CC12CCCc1ccccc12. The number of hydrogen-bond donors (Lipinski definition) is 3. The highest BCUT2D eigenvalue weighted by molar-refractivity contribution is 5.73. The Bertz CT molecular complexity index is 517. The molecule has 0 saturated heterocycles. The zero-order valence-electron chi connectivity index (χ0n) is 12.4. The van der Waals surface area contributed by atoms with Crippen molar-refractivity contribution < 1.29 is 9.90 Å². The number of nitrogens with one attached hydrogen (secondary N) is 2. The van der Waals surface area contributed by atoms with E-state index in [-0.39, 0.29) is 12.6 Å². The molecule has 0 bridgehead atoms. The van der Waals surface area contributed by atoms with Crippen molar-refractivity contribution in [1.82, 2.24) is 10.6 Å². The summed E-state index contributed by atoms with van der Waals surface area (Å²) in [7, 11) is 0. The van der Waals surface area contributed by atoms with Crippen molar-refractivity contribution in [2.45, 2.75) is 37.5 Å². The lowest BCUT2D eigenvalue weighted by atomic mass is 9.78. The second-order valence-corrected chi connectivity index (χ2v) is 6.28. The van der Waals surface area contributed by atoms with Crippen LogP contribution in [0.15, 0.2) is 24.3 Å². The third kappa shape index (κ3) is 2.91. The summed E-state index contributed by atoms with van der Waals surface area (Å²) in [5.74, 6) is 0.572. The fourth-order valence-electron chi connectivity index (χ4n) is 3.80.